The van der Waals surface area contributed by atoms with Crippen LogP contribution < -0.4 is 4.74 Å². The molecule has 0 unspecified atom stereocenters. The Morgan fingerprint density at radius 2 is 2.10 bits per heavy atom. The van der Waals surface area contributed by atoms with Gasteiger partial charge in [0.1, 0.15) is 5.75 Å². The van der Waals surface area contributed by atoms with Crippen LogP contribution in [0.25, 0.3) is 0 Å². The predicted molar refractivity (Wildman–Crippen MR) is 109 cm³/mol. The highest BCUT2D eigenvalue weighted by atomic mass is 16.5. The molecule has 0 spiro atoms. The summed E-state index contributed by atoms with van der Waals surface area (Å²) in [5.74, 6) is 1.38. The average Bonchev–Trinajstić information content (AvgIpc) is 3.06. The molecule has 0 radical (unpaired) electrons. The lowest BCUT2D eigenvalue weighted by molar-refractivity contribution is 0.0705. The molecule has 1 saturated heterocycles. The molecule has 0 bridgehead atoms. The number of piperidine rings is 1. The first-order valence-corrected chi connectivity index (χ1v) is 9.85. The molecule has 29 heavy (non-hydrogen) atoms. The summed E-state index contributed by atoms with van der Waals surface area (Å²) in [6.45, 7) is 5.26. The van der Waals surface area contributed by atoms with Gasteiger partial charge in [-0.15, -0.1) is 0 Å². The SMILES string of the molecule is Cc1cccc(Oc2cncc([C@@H]3CCCN(C(=O)c4cn(C)nc4C)C3)n2)c1. The predicted octanol–water partition coefficient (Wildman–Crippen LogP) is 3.64. The number of carbonyl (C=O) groups is 1. The van der Waals surface area contributed by atoms with E-state index in [2.05, 4.69) is 15.1 Å². The monoisotopic (exact) mass is 391 g/mol. The summed E-state index contributed by atoms with van der Waals surface area (Å²) in [7, 11) is 1.83. The average molecular weight is 391 g/mol. The molecule has 150 valence electrons. The fraction of sp³-hybridized carbons (Fsp3) is 0.364. The van der Waals surface area contributed by atoms with Gasteiger partial charge in [0.25, 0.3) is 5.91 Å². The van der Waals surface area contributed by atoms with Crippen LogP contribution in [0.1, 0.15) is 46.1 Å². The van der Waals surface area contributed by atoms with E-state index in [4.69, 9.17) is 4.74 Å². The Hall–Kier alpha value is -3.22. The molecule has 4 rings (SSSR count). The van der Waals surface area contributed by atoms with Gasteiger partial charge in [-0.05, 0) is 44.4 Å². The highest BCUT2D eigenvalue weighted by Gasteiger charge is 2.28. The van der Waals surface area contributed by atoms with Gasteiger partial charge in [0.15, 0.2) is 0 Å². The minimum absolute atomic E-state index is 0.0282. The van der Waals surface area contributed by atoms with E-state index < -0.39 is 0 Å². The summed E-state index contributed by atoms with van der Waals surface area (Å²) in [6, 6.07) is 7.84. The van der Waals surface area contributed by atoms with Crippen LogP contribution in [0, 0.1) is 13.8 Å². The molecular weight excluding hydrogens is 366 g/mol. The number of carbonyl (C=O) groups excluding carboxylic acids is 1. The number of ether oxygens (including phenoxy) is 1. The molecule has 1 amide bonds. The zero-order valence-electron chi connectivity index (χ0n) is 17.0. The van der Waals surface area contributed by atoms with Gasteiger partial charge in [-0.1, -0.05) is 12.1 Å². The van der Waals surface area contributed by atoms with Crippen LogP contribution in [0.4, 0.5) is 0 Å². The lowest BCUT2D eigenvalue weighted by atomic mass is 9.94. The van der Waals surface area contributed by atoms with E-state index in [0.29, 0.717) is 18.0 Å². The highest BCUT2D eigenvalue weighted by molar-refractivity contribution is 5.95. The molecule has 0 saturated carbocycles. The lowest BCUT2D eigenvalue weighted by Crippen LogP contribution is -2.39. The molecular formula is C22H25N5O2. The van der Waals surface area contributed by atoms with Crippen molar-refractivity contribution in [3.8, 4) is 11.6 Å². The van der Waals surface area contributed by atoms with Gasteiger partial charge in [0, 0.05) is 38.4 Å². The Bertz CT molecular complexity index is 1030. The first kappa shape index (κ1) is 19.1. The smallest absolute Gasteiger partial charge is 0.257 e. The normalized spacial score (nSPS) is 16.7. The maximum atomic E-state index is 13.0. The third-order valence-electron chi connectivity index (χ3n) is 5.21. The number of nitrogens with zero attached hydrogens (tertiary/aromatic N) is 5. The van der Waals surface area contributed by atoms with Crippen molar-refractivity contribution in [3.05, 3.63) is 65.4 Å². The second kappa shape index (κ2) is 8.03. The Kier molecular flexibility index (Phi) is 5.29. The summed E-state index contributed by atoms with van der Waals surface area (Å²) in [6.07, 6.45) is 7.09. The summed E-state index contributed by atoms with van der Waals surface area (Å²) < 4.78 is 7.57. The van der Waals surface area contributed by atoms with Crippen LogP contribution in [-0.2, 0) is 7.05 Å². The van der Waals surface area contributed by atoms with E-state index in [-0.39, 0.29) is 11.8 Å². The Balaban J connectivity index is 1.49. The lowest BCUT2D eigenvalue weighted by Gasteiger charge is -2.32. The minimum atomic E-state index is 0.0282. The fourth-order valence-corrected chi connectivity index (χ4v) is 3.79. The number of aromatic nitrogens is 4. The fourth-order valence-electron chi connectivity index (χ4n) is 3.79. The molecule has 1 fully saturated rings. The molecule has 1 atom stereocenters. The molecule has 2 aromatic heterocycles. The Morgan fingerprint density at radius 1 is 1.24 bits per heavy atom. The zero-order chi connectivity index (χ0) is 20.4. The van der Waals surface area contributed by atoms with Crippen LogP contribution in [0.3, 0.4) is 0 Å². The van der Waals surface area contributed by atoms with Crippen molar-refractivity contribution in [2.45, 2.75) is 32.6 Å². The number of aryl methyl sites for hydroxylation is 3. The quantitative estimate of drug-likeness (QED) is 0.679. The van der Waals surface area contributed by atoms with E-state index in [1.165, 1.54) is 0 Å². The Labute approximate surface area is 170 Å². The van der Waals surface area contributed by atoms with Crippen LogP contribution in [-0.4, -0.2) is 43.6 Å². The molecule has 1 aliphatic rings. The van der Waals surface area contributed by atoms with Crippen molar-refractivity contribution in [2.75, 3.05) is 13.1 Å². The number of benzene rings is 1. The van der Waals surface area contributed by atoms with Crippen molar-refractivity contribution in [2.24, 2.45) is 7.05 Å². The van der Waals surface area contributed by atoms with E-state index in [0.717, 1.165) is 42.1 Å². The maximum Gasteiger partial charge on any atom is 0.257 e. The second-order valence-electron chi connectivity index (χ2n) is 7.59. The number of rotatable bonds is 4. The van der Waals surface area contributed by atoms with Gasteiger partial charge >= 0.3 is 0 Å². The van der Waals surface area contributed by atoms with E-state index in [1.54, 1.807) is 23.3 Å². The van der Waals surface area contributed by atoms with Gasteiger partial charge in [-0.3, -0.25) is 14.5 Å². The molecule has 7 heteroatoms. The summed E-state index contributed by atoms with van der Waals surface area (Å²) in [4.78, 5) is 23.8. The van der Waals surface area contributed by atoms with Crippen molar-refractivity contribution < 1.29 is 9.53 Å². The molecule has 3 heterocycles. The summed E-state index contributed by atoms with van der Waals surface area (Å²) >= 11 is 0. The number of hydrogen-bond acceptors (Lipinski definition) is 5. The second-order valence-corrected chi connectivity index (χ2v) is 7.59. The van der Waals surface area contributed by atoms with Crippen LogP contribution in [0.15, 0.2) is 42.9 Å². The third kappa shape index (κ3) is 4.29. The van der Waals surface area contributed by atoms with E-state index >= 15 is 0 Å². The van der Waals surface area contributed by atoms with Gasteiger partial charge in [0.2, 0.25) is 5.88 Å². The molecule has 1 aromatic carbocycles. The summed E-state index contributed by atoms with van der Waals surface area (Å²) in [5.41, 5.74) is 3.40. The molecule has 0 aliphatic carbocycles. The number of amides is 1. The first-order chi connectivity index (χ1) is 14.0. The molecule has 0 N–H and O–H groups in total. The first-order valence-electron chi connectivity index (χ1n) is 9.85. The van der Waals surface area contributed by atoms with Crippen LogP contribution >= 0.6 is 0 Å². The largest absolute Gasteiger partial charge is 0.437 e. The molecule has 1 aliphatic heterocycles. The van der Waals surface area contributed by atoms with Crippen molar-refractivity contribution in [1.29, 1.82) is 0 Å². The van der Waals surface area contributed by atoms with E-state index in [1.807, 2.05) is 50.1 Å². The Morgan fingerprint density at radius 3 is 2.86 bits per heavy atom. The van der Waals surface area contributed by atoms with Crippen molar-refractivity contribution >= 4 is 5.91 Å². The van der Waals surface area contributed by atoms with Gasteiger partial charge < -0.3 is 9.64 Å². The zero-order valence-corrected chi connectivity index (χ0v) is 17.0. The summed E-state index contributed by atoms with van der Waals surface area (Å²) in [5, 5.41) is 4.29. The maximum absolute atomic E-state index is 13.0. The van der Waals surface area contributed by atoms with Gasteiger partial charge in [-0.25, -0.2) is 4.98 Å². The molecule has 3 aromatic rings. The standard InChI is InChI=1S/C22H25N5O2/c1-15-6-4-8-18(10-15)29-21-12-23-11-20(24-21)17-7-5-9-27(13-17)22(28)19-14-26(3)25-16(19)2/h4,6,8,10-12,14,17H,5,7,9,13H2,1-3H3/t17-/m1/s1. The third-order valence-corrected chi connectivity index (χ3v) is 5.21. The van der Waals surface area contributed by atoms with Crippen molar-refractivity contribution in [1.82, 2.24) is 24.6 Å². The van der Waals surface area contributed by atoms with Crippen molar-refractivity contribution in [3.63, 3.8) is 0 Å². The highest BCUT2D eigenvalue weighted by Crippen LogP contribution is 2.28. The van der Waals surface area contributed by atoms with Crippen LogP contribution in [0.5, 0.6) is 11.6 Å². The minimum Gasteiger partial charge on any atom is -0.437 e. The number of likely N-dealkylation sites (tertiary alicyclic amines) is 1. The number of hydrogen-bond donors (Lipinski definition) is 0. The molecule has 7 nitrogen and oxygen atoms in total. The van der Waals surface area contributed by atoms with Gasteiger partial charge in [0.05, 0.1) is 23.1 Å². The van der Waals surface area contributed by atoms with E-state index in [9.17, 15) is 4.79 Å². The topological polar surface area (TPSA) is 73.1 Å². The van der Waals surface area contributed by atoms with Crippen LogP contribution in [0.2, 0.25) is 0 Å². The van der Waals surface area contributed by atoms with Gasteiger partial charge in [-0.2, -0.15) is 5.10 Å².